The molecule has 0 unspecified atom stereocenters. The van der Waals surface area contributed by atoms with E-state index in [4.69, 9.17) is 0 Å². The zero-order valence-electron chi connectivity index (χ0n) is 34.4. The molecule has 2 aliphatic rings. The topological polar surface area (TPSA) is 8.17 Å². The van der Waals surface area contributed by atoms with Crippen LogP contribution in [0.15, 0.2) is 194 Å². The highest BCUT2D eigenvalue weighted by Gasteiger charge is 2.39. The van der Waals surface area contributed by atoms with Crippen molar-refractivity contribution in [2.45, 2.75) is 38.5 Å². The second kappa shape index (κ2) is 12.7. The molecule has 2 nitrogen and oxygen atoms in total. The van der Waals surface area contributed by atoms with E-state index < -0.39 is 0 Å². The summed E-state index contributed by atoms with van der Waals surface area (Å²) in [6.45, 7) is 9.54. The maximum Gasteiger partial charge on any atom is 0.0588 e. The molecule has 0 N–H and O–H groups in total. The van der Waals surface area contributed by atoms with Gasteiger partial charge in [-0.2, -0.15) is 0 Å². The predicted molar refractivity (Wildman–Crippen MR) is 254 cm³/mol. The molecule has 0 spiro atoms. The SMILES string of the molecule is CC1(C)c2ccccc2-c2ccc(N(c3ccc(-c4ccc5c(c4)C(C)(C)c4c-5ccc5c6ccccc6n(-c6ccccc6)c45)cc3)c3ccc4ccccc4c3)cc21. The van der Waals surface area contributed by atoms with Crippen LogP contribution in [0, 0.1) is 0 Å². The molecule has 0 fully saturated rings. The number of anilines is 3. The monoisotopic (exact) mass is 768 g/mol. The van der Waals surface area contributed by atoms with Gasteiger partial charge < -0.3 is 9.47 Å². The lowest BCUT2D eigenvalue weighted by atomic mass is 9.80. The van der Waals surface area contributed by atoms with Crippen molar-refractivity contribution in [3.8, 4) is 39.1 Å². The first-order valence-electron chi connectivity index (χ1n) is 21.2. The average molecular weight is 769 g/mol. The van der Waals surface area contributed by atoms with E-state index in [1.165, 1.54) is 93.9 Å². The lowest BCUT2D eigenvalue weighted by Gasteiger charge is -2.28. The Kier molecular flexibility index (Phi) is 7.36. The van der Waals surface area contributed by atoms with Crippen LogP contribution >= 0.6 is 0 Å². The zero-order chi connectivity index (χ0) is 40.3. The standard InChI is InChI=1S/C58H44N2/c1-57(2)51-20-12-10-18-45(51)46-31-29-44(36-53(46)57)59(43-28-24-37-14-8-9-15-39(37)34-43)42-26-22-38(23-27-42)40-25-30-47-49-32-33-50-48-19-11-13-21-54(48)60(41-16-6-5-7-17-41)56(50)55(49)58(3,4)52(47)35-40/h5-36H,1-4H3. The van der Waals surface area contributed by atoms with E-state index >= 15 is 0 Å². The number of aromatic nitrogens is 1. The van der Waals surface area contributed by atoms with Crippen molar-refractivity contribution in [1.82, 2.24) is 4.57 Å². The molecule has 286 valence electrons. The molecular formula is C58H44N2. The van der Waals surface area contributed by atoms with Crippen molar-refractivity contribution in [3.63, 3.8) is 0 Å². The largest absolute Gasteiger partial charge is 0.310 e. The molecule has 12 rings (SSSR count). The van der Waals surface area contributed by atoms with Crippen molar-refractivity contribution in [1.29, 1.82) is 0 Å². The Morgan fingerprint density at radius 3 is 1.83 bits per heavy atom. The number of hydrogen-bond donors (Lipinski definition) is 0. The summed E-state index contributed by atoms with van der Waals surface area (Å²) in [6, 6.07) is 72.1. The third-order valence-corrected chi connectivity index (χ3v) is 13.7. The molecule has 0 radical (unpaired) electrons. The summed E-state index contributed by atoms with van der Waals surface area (Å²) < 4.78 is 2.49. The van der Waals surface area contributed by atoms with Crippen LogP contribution in [0.2, 0.25) is 0 Å². The molecule has 60 heavy (non-hydrogen) atoms. The Morgan fingerprint density at radius 1 is 0.383 bits per heavy atom. The van der Waals surface area contributed by atoms with Gasteiger partial charge in [-0.05, 0) is 127 Å². The average Bonchev–Trinajstić information content (AvgIpc) is 3.83. The van der Waals surface area contributed by atoms with Crippen LogP contribution in [0.5, 0.6) is 0 Å². The van der Waals surface area contributed by atoms with Gasteiger partial charge in [0, 0.05) is 44.4 Å². The van der Waals surface area contributed by atoms with Crippen molar-refractivity contribution >= 4 is 49.6 Å². The van der Waals surface area contributed by atoms with Crippen molar-refractivity contribution < 1.29 is 0 Å². The summed E-state index contributed by atoms with van der Waals surface area (Å²) in [6.07, 6.45) is 0. The molecule has 2 heteroatoms. The number of benzene rings is 9. The first-order chi connectivity index (χ1) is 29.3. The number of rotatable bonds is 5. The molecule has 0 saturated heterocycles. The molecular weight excluding hydrogens is 725 g/mol. The Labute approximate surface area is 351 Å². The summed E-state index contributed by atoms with van der Waals surface area (Å²) in [5, 5.41) is 5.06. The van der Waals surface area contributed by atoms with Crippen molar-refractivity contribution in [2.75, 3.05) is 4.90 Å². The smallest absolute Gasteiger partial charge is 0.0588 e. The van der Waals surface area contributed by atoms with Gasteiger partial charge in [-0.15, -0.1) is 0 Å². The normalized spacial score (nSPS) is 14.3. The fraction of sp³-hybridized carbons (Fsp3) is 0.103. The second-order valence-corrected chi connectivity index (χ2v) is 17.8. The Hall–Kier alpha value is -7.16. The van der Waals surface area contributed by atoms with E-state index in [2.05, 4.69) is 231 Å². The fourth-order valence-electron chi connectivity index (χ4n) is 10.8. The highest BCUT2D eigenvalue weighted by Crippen LogP contribution is 2.54. The van der Waals surface area contributed by atoms with Crippen LogP contribution in [0.3, 0.4) is 0 Å². The van der Waals surface area contributed by atoms with Gasteiger partial charge in [0.25, 0.3) is 0 Å². The van der Waals surface area contributed by atoms with Crippen LogP contribution in [-0.2, 0) is 10.8 Å². The van der Waals surface area contributed by atoms with Gasteiger partial charge >= 0.3 is 0 Å². The van der Waals surface area contributed by atoms with E-state index in [-0.39, 0.29) is 10.8 Å². The van der Waals surface area contributed by atoms with E-state index in [1.807, 2.05) is 0 Å². The van der Waals surface area contributed by atoms with Gasteiger partial charge in [0.05, 0.1) is 11.0 Å². The summed E-state index contributed by atoms with van der Waals surface area (Å²) in [7, 11) is 0. The van der Waals surface area contributed by atoms with Gasteiger partial charge in [0.1, 0.15) is 0 Å². The van der Waals surface area contributed by atoms with Crippen molar-refractivity contribution in [3.05, 3.63) is 216 Å². The van der Waals surface area contributed by atoms with Gasteiger partial charge in [-0.1, -0.05) is 161 Å². The fourth-order valence-corrected chi connectivity index (χ4v) is 10.8. The number of para-hydroxylation sites is 2. The number of hydrogen-bond acceptors (Lipinski definition) is 1. The molecule has 0 amide bonds. The minimum atomic E-state index is -0.213. The van der Waals surface area contributed by atoms with Crippen molar-refractivity contribution in [2.24, 2.45) is 0 Å². The van der Waals surface area contributed by atoms with Crippen LogP contribution in [0.4, 0.5) is 17.1 Å². The minimum Gasteiger partial charge on any atom is -0.310 e. The lowest BCUT2D eigenvalue weighted by Crippen LogP contribution is -2.16. The highest BCUT2D eigenvalue weighted by atomic mass is 15.1. The Bertz CT molecular complexity index is 3360. The third kappa shape index (κ3) is 4.94. The van der Waals surface area contributed by atoms with Crippen LogP contribution in [0.25, 0.3) is 71.6 Å². The Morgan fingerprint density at radius 2 is 0.983 bits per heavy atom. The summed E-state index contributed by atoms with van der Waals surface area (Å²) in [4.78, 5) is 2.43. The van der Waals surface area contributed by atoms with E-state index in [0.29, 0.717) is 0 Å². The number of fused-ring (bicyclic) bond motifs is 11. The quantitative estimate of drug-likeness (QED) is 0.169. The van der Waals surface area contributed by atoms with Gasteiger partial charge in [0.15, 0.2) is 0 Å². The van der Waals surface area contributed by atoms with Gasteiger partial charge in [0.2, 0.25) is 0 Å². The maximum absolute atomic E-state index is 2.49. The second-order valence-electron chi connectivity index (χ2n) is 17.8. The van der Waals surface area contributed by atoms with Gasteiger partial charge in [-0.3, -0.25) is 0 Å². The summed E-state index contributed by atoms with van der Waals surface area (Å²) in [5.41, 5.74) is 20.2. The Balaban J connectivity index is 0.962. The zero-order valence-corrected chi connectivity index (χ0v) is 34.4. The molecule has 2 aliphatic carbocycles. The molecule has 0 bridgehead atoms. The number of nitrogens with zero attached hydrogens (tertiary/aromatic N) is 2. The molecule has 10 aromatic rings. The summed E-state index contributed by atoms with van der Waals surface area (Å²) >= 11 is 0. The molecule has 0 aliphatic heterocycles. The molecule has 1 aromatic heterocycles. The van der Waals surface area contributed by atoms with E-state index in [9.17, 15) is 0 Å². The van der Waals surface area contributed by atoms with Gasteiger partial charge in [-0.25, -0.2) is 0 Å². The maximum atomic E-state index is 2.49. The molecule has 0 atom stereocenters. The van der Waals surface area contributed by atoms with E-state index in [0.717, 1.165) is 17.1 Å². The predicted octanol–water partition coefficient (Wildman–Crippen LogP) is 15.7. The highest BCUT2D eigenvalue weighted by molar-refractivity contribution is 6.13. The van der Waals surface area contributed by atoms with Crippen LogP contribution < -0.4 is 4.90 Å². The van der Waals surface area contributed by atoms with Crippen LogP contribution in [0.1, 0.15) is 49.9 Å². The van der Waals surface area contributed by atoms with E-state index in [1.54, 1.807) is 0 Å². The van der Waals surface area contributed by atoms with Crippen LogP contribution in [-0.4, -0.2) is 4.57 Å². The summed E-state index contributed by atoms with van der Waals surface area (Å²) in [5.74, 6) is 0. The lowest BCUT2D eigenvalue weighted by molar-refractivity contribution is 0.660. The molecule has 9 aromatic carbocycles. The first kappa shape index (κ1) is 34.8. The third-order valence-electron chi connectivity index (χ3n) is 13.7. The first-order valence-corrected chi connectivity index (χ1v) is 21.2. The molecule has 1 heterocycles. The minimum absolute atomic E-state index is 0.0915. The molecule has 0 saturated carbocycles.